The maximum absolute atomic E-state index is 6.88. The Morgan fingerprint density at radius 2 is 1.46 bits per heavy atom. The fourth-order valence-corrected chi connectivity index (χ4v) is 6.93. The minimum atomic E-state index is -1.62. The third-order valence-corrected chi connectivity index (χ3v) is 12.1. The summed E-state index contributed by atoms with van der Waals surface area (Å²) < 4.78 is 0. The number of hydrogen-bond donors (Lipinski definition) is 0. The summed E-state index contributed by atoms with van der Waals surface area (Å²) in [4.78, 5) is 0. The smallest absolute Gasteiger partial charge is 0.164 e. The van der Waals surface area contributed by atoms with E-state index in [1.807, 2.05) is 0 Å². The van der Waals surface area contributed by atoms with Crippen LogP contribution in [0.25, 0.3) is 0 Å². The normalized spacial score (nSPS) is 18.0. The molecule has 13 heavy (non-hydrogen) atoms. The van der Waals surface area contributed by atoms with E-state index in [0.717, 1.165) is 5.92 Å². The second-order valence-electron chi connectivity index (χ2n) is 5.87. The van der Waals surface area contributed by atoms with Crippen molar-refractivity contribution in [1.82, 2.24) is 0 Å². The summed E-state index contributed by atoms with van der Waals surface area (Å²) in [6, 6.07) is 1.23. The molecule has 0 saturated heterocycles. The summed E-state index contributed by atoms with van der Waals surface area (Å²) in [6.45, 7) is 16.0. The van der Waals surface area contributed by atoms with Crippen molar-refractivity contribution in [2.75, 3.05) is 0 Å². The van der Waals surface area contributed by atoms with Crippen molar-refractivity contribution in [3.05, 3.63) is 0 Å². The van der Waals surface area contributed by atoms with Crippen molar-refractivity contribution in [3.8, 4) is 0 Å². The molecule has 0 aromatic heterocycles. The quantitative estimate of drug-likeness (QED) is 0.462. The van der Waals surface area contributed by atoms with Gasteiger partial charge < -0.3 is 0 Å². The lowest BCUT2D eigenvalue weighted by Crippen LogP contribution is -2.42. The maximum atomic E-state index is 6.88. The monoisotopic (exact) mass is 220 g/mol. The van der Waals surface area contributed by atoms with Gasteiger partial charge in [-0.2, -0.15) is 11.1 Å². The Balaban J connectivity index is 4.74. The highest BCUT2D eigenvalue weighted by Crippen LogP contribution is 2.49. The zero-order chi connectivity index (χ0) is 10.9. The maximum Gasteiger partial charge on any atom is 0.164 e. The molecule has 0 aromatic carbocycles. The largest absolute Gasteiger partial charge is 0.166 e. The van der Waals surface area contributed by atoms with E-state index in [1.165, 1.54) is 6.04 Å². The highest BCUT2D eigenvalue weighted by atomic mass is 35.6. The van der Waals surface area contributed by atoms with E-state index in [0.29, 0.717) is 10.6 Å². The van der Waals surface area contributed by atoms with Gasteiger partial charge in [-0.05, 0) is 22.5 Å². The van der Waals surface area contributed by atoms with E-state index in [1.54, 1.807) is 0 Å². The van der Waals surface area contributed by atoms with Gasteiger partial charge in [0.05, 0.1) is 0 Å². The summed E-state index contributed by atoms with van der Waals surface area (Å²) in [6.07, 6.45) is 0. The Kier molecular flexibility index (Phi) is 4.52. The molecular formula is C11H25ClSi. The first-order chi connectivity index (χ1) is 5.61. The van der Waals surface area contributed by atoms with Crippen molar-refractivity contribution in [3.63, 3.8) is 0 Å². The van der Waals surface area contributed by atoms with Crippen LogP contribution in [0.3, 0.4) is 0 Å². The van der Waals surface area contributed by atoms with Gasteiger partial charge in [0.1, 0.15) is 0 Å². The first-order valence-electron chi connectivity index (χ1n) is 5.30. The molecular weight excluding hydrogens is 196 g/mol. The first-order valence-corrected chi connectivity index (χ1v) is 8.60. The SMILES string of the molecule is CC(C)C[Si](Cl)(C(C)C)C(C)(C)C. The molecule has 0 aliphatic rings. The lowest BCUT2D eigenvalue weighted by molar-refractivity contribution is 0.647. The molecule has 1 unspecified atom stereocenters. The summed E-state index contributed by atoms with van der Waals surface area (Å²) >= 11 is 6.88. The van der Waals surface area contributed by atoms with Crippen LogP contribution < -0.4 is 0 Å². The third kappa shape index (κ3) is 3.28. The van der Waals surface area contributed by atoms with Gasteiger partial charge in [0.25, 0.3) is 0 Å². The van der Waals surface area contributed by atoms with E-state index in [4.69, 9.17) is 11.1 Å². The molecule has 2 heteroatoms. The molecule has 0 bridgehead atoms. The van der Waals surface area contributed by atoms with Gasteiger partial charge in [-0.1, -0.05) is 48.5 Å². The Morgan fingerprint density at radius 1 is 1.08 bits per heavy atom. The predicted molar refractivity (Wildman–Crippen MR) is 66.1 cm³/mol. The van der Waals surface area contributed by atoms with Crippen molar-refractivity contribution in [2.24, 2.45) is 5.92 Å². The Hall–Kier alpha value is 0.507. The summed E-state index contributed by atoms with van der Waals surface area (Å²) in [5, 5.41) is 0.312. The minimum Gasteiger partial charge on any atom is -0.166 e. The van der Waals surface area contributed by atoms with Crippen molar-refractivity contribution in [2.45, 2.75) is 65.1 Å². The molecule has 0 aliphatic carbocycles. The molecule has 0 saturated carbocycles. The van der Waals surface area contributed by atoms with Crippen LogP contribution >= 0.6 is 11.1 Å². The van der Waals surface area contributed by atoms with Crippen molar-refractivity contribution >= 4 is 18.5 Å². The van der Waals surface area contributed by atoms with Gasteiger partial charge in [0.2, 0.25) is 0 Å². The Morgan fingerprint density at radius 3 is 1.54 bits per heavy atom. The van der Waals surface area contributed by atoms with Gasteiger partial charge in [-0.25, -0.2) is 0 Å². The van der Waals surface area contributed by atoms with Gasteiger partial charge in [0.15, 0.2) is 7.38 Å². The van der Waals surface area contributed by atoms with Crippen molar-refractivity contribution < 1.29 is 0 Å². The van der Waals surface area contributed by atoms with Crippen LogP contribution in [0.15, 0.2) is 0 Å². The lowest BCUT2D eigenvalue weighted by atomic mass is 10.2. The number of rotatable bonds is 3. The van der Waals surface area contributed by atoms with E-state index in [9.17, 15) is 0 Å². The topological polar surface area (TPSA) is 0 Å². The highest BCUT2D eigenvalue weighted by Gasteiger charge is 2.45. The van der Waals surface area contributed by atoms with Crippen LogP contribution in [0, 0.1) is 5.92 Å². The molecule has 0 fully saturated rings. The molecule has 0 aromatic rings. The zero-order valence-electron chi connectivity index (χ0n) is 10.2. The lowest BCUT2D eigenvalue weighted by Gasteiger charge is -2.41. The van der Waals surface area contributed by atoms with Crippen LogP contribution in [-0.4, -0.2) is 7.38 Å². The molecule has 0 nitrogen and oxygen atoms in total. The molecule has 0 aliphatic heterocycles. The van der Waals surface area contributed by atoms with Crippen molar-refractivity contribution in [1.29, 1.82) is 0 Å². The Bertz CT molecular complexity index is 158. The number of halogens is 1. The fourth-order valence-electron chi connectivity index (χ4n) is 2.00. The van der Waals surface area contributed by atoms with Crippen LogP contribution in [-0.2, 0) is 0 Å². The highest BCUT2D eigenvalue weighted by molar-refractivity contribution is 7.22. The molecule has 0 amide bonds. The van der Waals surface area contributed by atoms with E-state index >= 15 is 0 Å². The number of hydrogen-bond acceptors (Lipinski definition) is 0. The minimum absolute atomic E-state index is 0.312. The molecule has 0 spiro atoms. The second kappa shape index (κ2) is 4.35. The van der Waals surface area contributed by atoms with Gasteiger partial charge in [-0.15, -0.1) is 0 Å². The third-order valence-electron chi connectivity index (χ3n) is 2.87. The second-order valence-corrected chi connectivity index (χ2v) is 12.7. The fraction of sp³-hybridized carbons (Fsp3) is 1.00. The van der Waals surface area contributed by atoms with Gasteiger partial charge in [0, 0.05) is 0 Å². The molecule has 0 N–H and O–H groups in total. The summed E-state index contributed by atoms with van der Waals surface area (Å²) in [5.74, 6) is 0.728. The summed E-state index contributed by atoms with van der Waals surface area (Å²) in [5.41, 5.74) is 0.663. The zero-order valence-corrected chi connectivity index (χ0v) is 12.0. The predicted octanol–water partition coefficient (Wildman–Crippen LogP) is 5.04. The Labute approximate surface area is 89.8 Å². The molecule has 0 rings (SSSR count). The molecule has 80 valence electrons. The summed E-state index contributed by atoms with van der Waals surface area (Å²) in [7, 11) is -1.62. The molecule has 0 radical (unpaired) electrons. The van der Waals surface area contributed by atoms with Crippen LogP contribution in [0.5, 0.6) is 0 Å². The van der Waals surface area contributed by atoms with E-state index < -0.39 is 7.38 Å². The van der Waals surface area contributed by atoms with Gasteiger partial charge in [-0.3, -0.25) is 0 Å². The molecule has 0 heterocycles. The average Bonchev–Trinajstić information content (AvgIpc) is 1.82. The van der Waals surface area contributed by atoms with Crippen LogP contribution in [0.2, 0.25) is 16.6 Å². The first kappa shape index (κ1) is 13.5. The standard InChI is InChI=1S/C11H25ClSi/c1-9(2)8-13(12,10(3)4)11(5,6)7/h9-10H,8H2,1-7H3. The van der Waals surface area contributed by atoms with E-state index in [-0.39, 0.29) is 0 Å². The molecule has 1 atom stereocenters. The van der Waals surface area contributed by atoms with E-state index in [2.05, 4.69) is 48.5 Å². The van der Waals surface area contributed by atoms with Crippen LogP contribution in [0.1, 0.15) is 48.5 Å². The van der Waals surface area contributed by atoms with Gasteiger partial charge >= 0.3 is 0 Å². The van der Waals surface area contributed by atoms with Crippen LogP contribution in [0.4, 0.5) is 0 Å². The average molecular weight is 221 g/mol.